The largest absolute Gasteiger partial charge is 0.341 e. The van der Waals surface area contributed by atoms with Crippen molar-refractivity contribution < 1.29 is 4.79 Å². The van der Waals surface area contributed by atoms with Crippen LogP contribution in [-0.4, -0.2) is 48.4 Å². The predicted octanol–water partition coefficient (Wildman–Crippen LogP) is 1.59. The van der Waals surface area contributed by atoms with Crippen LogP contribution in [-0.2, 0) is 4.79 Å². The van der Waals surface area contributed by atoms with Gasteiger partial charge in [-0.1, -0.05) is 19.8 Å². The van der Waals surface area contributed by atoms with E-state index in [9.17, 15) is 4.79 Å². The van der Waals surface area contributed by atoms with E-state index in [1.165, 1.54) is 12.8 Å². The Morgan fingerprint density at radius 1 is 1.28 bits per heavy atom. The average molecular weight is 248 g/mol. The molecule has 1 spiro atoms. The Bertz CT molecular complexity index is 362. The number of nitrogens with zero attached hydrogens (tertiary/aromatic N) is 2. The van der Waals surface area contributed by atoms with Gasteiger partial charge in [-0.05, 0) is 32.9 Å². The molecule has 0 aromatic heterocycles. The van der Waals surface area contributed by atoms with Crippen LogP contribution in [0.3, 0.4) is 0 Å². The minimum absolute atomic E-state index is 0.141. The summed E-state index contributed by atoms with van der Waals surface area (Å²) in [4.78, 5) is 16.3. The van der Waals surface area contributed by atoms with Gasteiger partial charge in [0.1, 0.15) is 0 Å². The summed E-state index contributed by atoms with van der Waals surface area (Å²) in [5.74, 6) is 6.55. The molecule has 0 aromatic rings. The normalized spacial score (nSPS) is 22.6. The molecule has 18 heavy (non-hydrogen) atoms. The zero-order valence-electron chi connectivity index (χ0n) is 11.8. The van der Waals surface area contributed by atoms with E-state index in [-0.39, 0.29) is 5.92 Å². The molecular formula is C15H24N2O. The average Bonchev–Trinajstić information content (AvgIpc) is 2.33. The quantitative estimate of drug-likeness (QED) is 0.693. The summed E-state index contributed by atoms with van der Waals surface area (Å²) in [6, 6.07) is 0. The van der Waals surface area contributed by atoms with E-state index in [0.29, 0.717) is 11.3 Å². The summed E-state index contributed by atoms with van der Waals surface area (Å²) in [5.41, 5.74) is 0.431. The molecule has 2 heterocycles. The van der Waals surface area contributed by atoms with Crippen LogP contribution in [0.25, 0.3) is 0 Å². The molecule has 0 aromatic carbocycles. The van der Waals surface area contributed by atoms with Gasteiger partial charge in [0.25, 0.3) is 0 Å². The molecular weight excluding hydrogens is 224 g/mol. The first kappa shape index (κ1) is 13.4. The topological polar surface area (TPSA) is 23.6 Å². The molecule has 0 unspecified atom stereocenters. The highest BCUT2D eigenvalue weighted by atomic mass is 16.2. The number of hydrogen-bond donors (Lipinski definition) is 0. The lowest BCUT2D eigenvalue weighted by Crippen LogP contribution is -2.62. The molecule has 0 atom stereocenters. The number of carbonyl (C=O) groups excluding carboxylic acids is 1. The smallest absolute Gasteiger partial charge is 0.225 e. The lowest BCUT2D eigenvalue weighted by atomic mass is 9.71. The molecule has 0 N–H and O–H groups in total. The predicted molar refractivity (Wildman–Crippen MR) is 73.0 cm³/mol. The zero-order valence-corrected chi connectivity index (χ0v) is 11.8. The molecule has 3 heteroatoms. The van der Waals surface area contributed by atoms with Crippen LogP contribution in [0.2, 0.25) is 0 Å². The fraction of sp³-hybridized carbons (Fsp3) is 0.800. The van der Waals surface area contributed by atoms with Gasteiger partial charge in [-0.25, -0.2) is 0 Å². The summed E-state index contributed by atoms with van der Waals surface area (Å²) >= 11 is 0. The van der Waals surface area contributed by atoms with Crippen LogP contribution in [0.15, 0.2) is 0 Å². The van der Waals surface area contributed by atoms with Gasteiger partial charge < -0.3 is 4.90 Å². The van der Waals surface area contributed by atoms with Gasteiger partial charge in [0.05, 0.1) is 6.54 Å². The monoisotopic (exact) mass is 248 g/mol. The van der Waals surface area contributed by atoms with E-state index in [0.717, 1.165) is 32.7 Å². The van der Waals surface area contributed by atoms with Gasteiger partial charge in [0.15, 0.2) is 0 Å². The standard InChI is InChI=1S/C15H24N2O/c1-4-5-8-16-9-6-15(7-10-16)11-17(12-15)14(18)13(2)3/h13H,6-12H2,1-3H3. The highest BCUT2D eigenvalue weighted by Gasteiger charge is 2.46. The van der Waals surface area contributed by atoms with E-state index in [2.05, 4.69) is 16.7 Å². The van der Waals surface area contributed by atoms with E-state index < -0.39 is 0 Å². The third-order valence-corrected chi connectivity index (χ3v) is 4.25. The van der Waals surface area contributed by atoms with E-state index in [1.54, 1.807) is 0 Å². The second-order valence-corrected chi connectivity index (χ2v) is 6.05. The lowest BCUT2D eigenvalue weighted by molar-refractivity contribution is -0.150. The van der Waals surface area contributed by atoms with E-state index >= 15 is 0 Å². The zero-order chi connectivity index (χ0) is 13.2. The SMILES string of the molecule is CC#CCN1CCC2(CC1)CN(C(=O)C(C)C)C2. The van der Waals surface area contributed by atoms with E-state index in [1.807, 2.05) is 25.7 Å². The second kappa shape index (κ2) is 5.32. The summed E-state index contributed by atoms with van der Waals surface area (Å²) in [6.45, 7) is 11.0. The number of likely N-dealkylation sites (tertiary alicyclic amines) is 2. The number of piperidine rings is 1. The first-order valence-corrected chi connectivity index (χ1v) is 6.97. The molecule has 1 amide bonds. The molecule has 2 fully saturated rings. The van der Waals surface area contributed by atoms with Crippen LogP contribution in [0.4, 0.5) is 0 Å². The third kappa shape index (κ3) is 2.70. The molecule has 2 saturated heterocycles. The molecule has 2 aliphatic rings. The number of rotatable bonds is 2. The van der Waals surface area contributed by atoms with Crippen LogP contribution in [0.5, 0.6) is 0 Å². The first-order valence-electron chi connectivity index (χ1n) is 6.97. The Morgan fingerprint density at radius 3 is 2.39 bits per heavy atom. The minimum Gasteiger partial charge on any atom is -0.341 e. The van der Waals surface area contributed by atoms with Crippen LogP contribution < -0.4 is 0 Å². The summed E-state index contributed by atoms with van der Waals surface area (Å²) in [6.07, 6.45) is 2.44. The maximum Gasteiger partial charge on any atom is 0.225 e. The van der Waals surface area contributed by atoms with Crippen molar-refractivity contribution in [1.29, 1.82) is 0 Å². The fourth-order valence-corrected chi connectivity index (χ4v) is 2.98. The van der Waals surface area contributed by atoms with Crippen LogP contribution in [0, 0.1) is 23.2 Å². The number of carbonyl (C=O) groups is 1. The number of amides is 1. The van der Waals surface area contributed by atoms with Crippen LogP contribution in [0.1, 0.15) is 33.6 Å². The summed E-state index contributed by atoms with van der Waals surface area (Å²) in [5, 5.41) is 0. The Hall–Kier alpha value is -1.01. The van der Waals surface area contributed by atoms with Gasteiger partial charge in [0, 0.05) is 24.4 Å². The molecule has 0 bridgehead atoms. The van der Waals surface area contributed by atoms with Crippen molar-refractivity contribution in [3.8, 4) is 11.8 Å². The van der Waals surface area contributed by atoms with Crippen molar-refractivity contribution in [2.24, 2.45) is 11.3 Å². The van der Waals surface area contributed by atoms with Gasteiger partial charge in [0.2, 0.25) is 5.91 Å². The van der Waals surface area contributed by atoms with Gasteiger partial charge in [-0.3, -0.25) is 9.69 Å². The van der Waals surface area contributed by atoms with Crippen molar-refractivity contribution in [3.63, 3.8) is 0 Å². The van der Waals surface area contributed by atoms with Crippen molar-refractivity contribution in [3.05, 3.63) is 0 Å². The van der Waals surface area contributed by atoms with Gasteiger partial charge in [-0.2, -0.15) is 0 Å². The molecule has 100 valence electrons. The summed E-state index contributed by atoms with van der Waals surface area (Å²) in [7, 11) is 0. The van der Waals surface area contributed by atoms with Gasteiger partial charge in [-0.15, -0.1) is 5.92 Å². The highest BCUT2D eigenvalue weighted by Crippen LogP contribution is 2.40. The van der Waals surface area contributed by atoms with Crippen molar-refractivity contribution in [1.82, 2.24) is 9.80 Å². The summed E-state index contributed by atoms with van der Waals surface area (Å²) < 4.78 is 0. The molecule has 3 nitrogen and oxygen atoms in total. The van der Waals surface area contributed by atoms with Gasteiger partial charge >= 0.3 is 0 Å². The van der Waals surface area contributed by atoms with Crippen molar-refractivity contribution in [2.75, 3.05) is 32.7 Å². The minimum atomic E-state index is 0.141. The Morgan fingerprint density at radius 2 is 1.89 bits per heavy atom. The Balaban J connectivity index is 1.78. The fourth-order valence-electron chi connectivity index (χ4n) is 2.98. The van der Waals surface area contributed by atoms with Crippen molar-refractivity contribution >= 4 is 5.91 Å². The number of hydrogen-bond acceptors (Lipinski definition) is 2. The second-order valence-electron chi connectivity index (χ2n) is 6.05. The highest BCUT2D eigenvalue weighted by molar-refractivity contribution is 5.79. The van der Waals surface area contributed by atoms with E-state index in [4.69, 9.17) is 0 Å². The maximum absolute atomic E-state index is 11.9. The molecule has 2 rings (SSSR count). The maximum atomic E-state index is 11.9. The Labute approximate surface area is 111 Å². The van der Waals surface area contributed by atoms with Crippen LogP contribution >= 0.6 is 0 Å². The Kier molecular flexibility index (Phi) is 3.97. The molecule has 0 saturated carbocycles. The van der Waals surface area contributed by atoms with Crippen molar-refractivity contribution in [2.45, 2.75) is 33.6 Å². The molecule has 0 aliphatic carbocycles. The lowest BCUT2D eigenvalue weighted by Gasteiger charge is -2.54. The molecule has 0 radical (unpaired) electrons. The first-order chi connectivity index (χ1) is 8.56. The molecule has 2 aliphatic heterocycles. The third-order valence-electron chi connectivity index (χ3n) is 4.25.